The number of hydrogen-bond donors (Lipinski definition) is 1. The van der Waals surface area contributed by atoms with Crippen molar-refractivity contribution in [2.75, 3.05) is 13.6 Å². The third-order valence-electron chi connectivity index (χ3n) is 5.80. The van der Waals surface area contributed by atoms with Crippen molar-refractivity contribution in [3.63, 3.8) is 0 Å². The van der Waals surface area contributed by atoms with Crippen molar-refractivity contribution >= 4 is 5.91 Å². The van der Waals surface area contributed by atoms with Crippen molar-refractivity contribution in [2.45, 2.75) is 51.5 Å². The first kappa shape index (κ1) is 13.4. The molecule has 19 heavy (non-hydrogen) atoms. The third-order valence-corrected chi connectivity index (χ3v) is 5.80. The molecule has 0 aromatic heterocycles. The summed E-state index contributed by atoms with van der Waals surface area (Å²) >= 11 is 0. The van der Waals surface area contributed by atoms with Gasteiger partial charge in [-0.3, -0.25) is 4.79 Å². The van der Waals surface area contributed by atoms with Gasteiger partial charge < -0.3 is 10.6 Å². The monoisotopic (exact) mass is 264 g/mol. The summed E-state index contributed by atoms with van der Waals surface area (Å²) in [6.07, 6.45) is 7.18. The molecule has 0 aromatic carbocycles. The predicted molar refractivity (Wildman–Crippen MR) is 76.4 cm³/mol. The van der Waals surface area contributed by atoms with E-state index in [1.165, 1.54) is 32.1 Å². The van der Waals surface area contributed by atoms with Gasteiger partial charge in [0.25, 0.3) is 0 Å². The summed E-state index contributed by atoms with van der Waals surface area (Å²) in [5.41, 5.74) is 5.20. The molecule has 3 heteroatoms. The third kappa shape index (κ3) is 2.42. The van der Waals surface area contributed by atoms with E-state index in [1.54, 1.807) is 0 Å². The first-order chi connectivity index (χ1) is 8.84. The number of hydrogen-bond acceptors (Lipinski definition) is 2. The molecule has 108 valence electrons. The Labute approximate surface area is 116 Å². The van der Waals surface area contributed by atoms with Gasteiger partial charge in [0.1, 0.15) is 0 Å². The lowest BCUT2D eigenvalue weighted by atomic mass is 9.52. The molecule has 4 bridgehead atoms. The average Bonchev–Trinajstić information content (AvgIpc) is 2.30. The highest BCUT2D eigenvalue weighted by Gasteiger charge is 2.48. The van der Waals surface area contributed by atoms with Crippen LogP contribution in [0.25, 0.3) is 0 Å². The van der Waals surface area contributed by atoms with Crippen LogP contribution in [-0.4, -0.2) is 29.9 Å². The van der Waals surface area contributed by atoms with Crippen LogP contribution in [0.3, 0.4) is 0 Å². The minimum absolute atomic E-state index is 0.0845. The first-order valence-corrected chi connectivity index (χ1v) is 7.89. The Kier molecular flexibility index (Phi) is 3.16. The smallest absolute Gasteiger partial charge is 0.241 e. The van der Waals surface area contributed by atoms with Crippen LogP contribution in [0.15, 0.2) is 0 Å². The van der Waals surface area contributed by atoms with Crippen LogP contribution in [0.4, 0.5) is 0 Å². The Morgan fingerprint density at radius 3 is 2.00 bits per heavy atom. The van der Waals surface area contributed by atoms with Crippen molar-refractivity contribution < 1.29 is 4.79 Å². The van der Waals surface area contributed by atoms with Gasteiger partial charge in [-0.2, -0.15) is 0 Å². The molecule has 1 amide bonds. The Morgan fingerprint density at radius 1 is 1.11 bits per heavy atom. The molecule has 4 rings (SSSR count). The minimum Gasteiger partial charge on any atom is -0.344 e. The molecule has 2 N–H and O–H groups in total. The maximum Gasteiger partial charge on any atom is 0.241 e. The normalized spacial score (nSPS) is 40.5. The van der Waals surface area contributed by atoms with Gasteiger partial charge in [-0.05, 0) is 75.5 Å². The lowest BCUT2D eigenvalue weighted by molar-refractivity contribution is -0.137. The van der Waals surface area contributed by atoms with Gasteiger partial charge in [0.15, 0.2) is 0 Å². The predicted octanol–water partition coefficient (Wildman–Crippen LogP) is 2.25. The minimum atomic E-state index is -0.735. The fourth-order valence-electron chi connectivity index (χ4n) is 5.23. The van der Waals surface area contributed by atoms with Crippen molar-refractivity contribution in [1.82, 2.24) is 4.90 Å². The van der Waals surface area contributed by atoms with E-state index >= 15 is 0 Å². The number of nitrogens with two attached hydrogens (primary N) is 1. The van der Waals surface area contributed by atoms with E-state index in [9.17, 15) is 4.79 Å². The number of carbonyl (C=O) groups is 1. The largest absolute Gasteiger partial charge is 0.344 e. The van der Waals surface area contributed by atoms with E-state index in [0.717, 1.165) is 36.1 Å². The van der Waals surface area contributed by atoms with Gasteiger partial charge in [-0.15, -0.1) is 0 Å². The molecule has 0 spiro atoms. The Morgan fingerprint density at radius 2 is 1.58 bits per heavy atom. The molecule has 3 nitrogen and oxygen atoms in total. The Bertz CT molecular complexity index is 343. The zero-order valence-corrected chi connectivity index (χ0v) is 12.6. The van der Waals surface area contributed by atoms with E-state index in [4.69, 9.17) is 5.73 Å². The van der Waals surface area contributed by atoms with Crippen LogP contribution in [0, 0.1) is 29.6 Å². The molecule has 4 aliphatic carbocycles. The SMILES string of the molecule is CN(CC1C2CC3CC(C2)CC1C3)C(=O)C(C)(C)N. The summed E-state index contributed by atoms with van der Waals surface area (Å²) in [7, 11) is 1.93. The van der Waals surface area contributed by atoms with E-state index in [-0.39, 0.29) is 5.91 Å². The summed E-state index contributed by atoms with van der Waals surface area (Å²) in [4.78, 5) is 14.1. The van der Waals surface area contributed by atoms with E-state index in [2.05, 4.69) is 0 Å². The maximum atomic E-state index is 12.2. The number of carbonyl (C=O) groups excluding carboxylic acids is 1. The standard InChI is InChI=1S/C16H28N2O/c1-16(2,17)15(19)18(3)9-14-12-5-10-4-11(7-12)8-13(14)6-10/h10-14H,4-9,17H2,1-3H3. The molecule has 0 heterocycles. The number of likely N-dealkylation sites (N-methyl/N-ethyl adjacent to an activating group) is 1. The topological polar surface area (TPSA) is 46.3 Å². The molecule has 0 aliphatic heterocycles. The van der Waals surface area contributed by atoms with Crippen LogP contribution in [0.5, 0.6) is 0 Å². The summed E-state index contributed by atoms with van der Waals surface area (Å²) in [6, 6.07) is 0. The zero-order valence-electron chi connectivity index (χ0n) is 12.6. The van der Waals surface area contributed by atoms with Gasteiger partial charge in [-0.25, -0.2) is 0 Å². The highest BCUT2D eigenvalue weighted by Crippen LogP contribution is 2.56. The van der Waals surface area contributed by atoms with Gasteiger partial charge in [-0.1, -0.05) is 0 Å². The highest BCUT2D eigenvalue weighted by molar-refractivity contribution is 5.84. The van der Waals surface area contributed by atoms with Crippen molar-refractivity contribution in [2.24, 2.45) is 35.3 Å². The van der Waals surface area contributed by atoms with Gasteiger partial charge in [0.05, 0.1) is 5.54 Å². The number of nitrogens with zero attached hydrogens (tertiary/aromatic N) is 1. The molecule has 0 radical (unpaired) electrons. The summed E-state index contributed by atoms with van der Waals surface area (Å²) < 4.78 is 0. The van der Waals surface area contributed by atoms with Crippen molar-refractivity contribution in [3.05, 3.63) is 0 Å². The highest BCUT2D eigenvalue weighted by atomic mass is 16.2. The Hall–Kier alpha value is -0.570. The van der Waals surface area contributed by atoms with E-state index in [1.807, 2.05) is 25.8 Å². The molecule has 4 fully saturated rings. The Balaban J connectivity index is 1.66. The van der Waals surface area contributed by atoms with Gasteiger partial charge in [0.2, 0.25) is 5.91 Å². The first-order valence-electron chi connectivity index (χ1n) is 7.89. The summed E-state index contributed by atoms with van der Waals surface area (Å²) in [6.45, 7) is 4.54. The van der Waals surface area contributed by atoms with Crippen LogP contribution in [-0.2, 0) is 4.79 Å². The van der Waals surface area contributed by atoms with Crippen LogP contribution < -0.4 is 5.73 Å². The number of amides is 1. The lowest BCUT2D eigenvalue weighted by Gasteiger charge is -2.55. The molecule has 4 aliphatic rings. The van der Waals surface area contributed by atoms with E-state index < -0.39 is 5.54 Å². The van der Waals surface area contributed by atoms with Gasteiger partial charge in [0, 0.05) is 13.6 Å². The second-order valence-electron chi connectivity index (χ2n) is 8.00. The average molecular weight is 264 g/mol. The lowest BCUT2D eigenvalue weighted by Crippen LogP contribution is -2.54. The van der Waals surface area contributed by atoms with Crippen LogP contribution >= 0.6 is 0 Å². The molecular weight excluding hydrogens is 236 g/mol. The van der Waals surface area contributed by atoms with Crippen LogP contribution in [0.2, 0.25) is 0 Å². The molecule has 0 saturated heterocycles. The molecule has 0 unspecified atom stereocenters. The molecular formula is C16H28N2O. The number of rotatable bonds is 3. The molecule has 4 saturated carbocycles. The van der Waals surface area contributed by atoms with Crippen LogP contribution in [0.1, 0.15) is 46.0 Å². The fraction of sp³-hybridized carbons (Fsp3) is 0.938. The fourth-order valence-corrected chi connectivity index (χ4v) is 5.23. The second kappa shape index (κ2) is 4.47. The molecule has 0 atom stereocenters. The summed E-state index contributed by atoms with van der Waals surface area (Å²) in [5.74, 6) is 4.60. The van der Waals surface area contributed by atoms with Crippen molar-refractivity contribution in [3.8, 4) is 0 Å². The van der Waals surface area contributed by atoms with Gasteiger partial charge >= 0.3 is 0 Å². The quantitative estimate of drug-likeness (QED) is 0.850. The zero-order chi connectivity index (χ0) is 13.8. The molecule has 0 aromatic rings. The van der Waals surface area contributed by atoms with E-state index in [0.29, 0.717) is 0 Å². The summed E-state index contributed by atoms with van der Waals surface area (Å²) in [5, 5.41) is 0. The second-order valence-corrected chi connectivity index (χ2v) is 8.00. The maximum absolute atomic E-state index is 12.2. The van der Waals surface area contributed by atoms with Crippen molar-refractivity contribution in [1.29, 1.82) is 0 Å².